The number of hydrogen-bond acceptors (Lipinski definition) is 5. The lowest BCUT2D eigenvalue weighted by atomic mass is 9.83. The van der Waals surface area contributed by atoms with Crippen LogP contribution in [0.25, 0.3) is 10.2 Å². The molecule has 0 saturated heterocycles. The Morgan fingerprint density at radius 2 is 1.89 bits per heavy atom. The average molecular weight is 396 g/mol. The molecule has 1 saturated carbocycles. The van der Waals surface area contributed by atoms with Crippen LogP contribution < -0.4 is 0 Å². The van der Waals surface area contributed by atoms with E-state index in [0.717, 1.165) is 29.7 Å². The minimum absolute atomic E-state index is 0.313. The Bertz CT molecular complexity index is 929. The lowest BCUT2D eigenvalue weighted by Gasteiger charge is -2.27. The van der Waals surface area contributed by atoms with E-state index in [4.69, 9.17) is 14.5 Å². The van der Waals surface area contributed by atoms with Gasteiger partial charge in [0.1, 0.15) is 0 Å². The highest BCUT2D eigenvalue weighted by molar-refractivity contribution is 7.18. The number of carbonyl (C=O) groups is 1. The molecule has 2 aromatic carbocycles. The number of hydrogen-bond donors (Lipinski definition) is 0. The third-order valence-electron chi connectivity index (χ3n) is 5.49. The van der Waals surface area contributed by atoms with Crippen molar-refractivity contribution in [2.75, 3.05) is 13.7 Å². The van der Waals surface area contributed by atoms with Gasteiger partial charge < -0.3 is 9.47 Å². The zero-order valence-corrected chi connectivity index (χ0v) is 16.9. The summed E-state index contributed by atoms with van der Waals surface area (Å²) in [6.07, 6.45) is 4.68. The molecule has 1 heterocycles. The van der Waals surface area contributed by atoms with Gasteiger partial charge in [0.15, 0.2) is 0 Å². The highest BCUT2D eigenvalue weighted by Crippen LogP contribution is 2.39. The zero-order chi connectivity index (χ0) is 19.3. The Morgan fingerprint density at radius 3 is 2.64 bits per heavy atom. The maximum Gasteiger partial charge on any atom is 0.337 e. The molecule has 0 amide bonds. The molecular weight excluding hydrogens is 370 g/mol. The van der Waals surface area contributed by atoms with Crippen LogP contribution in [0.3, 0.4) is 0 Å². The molecule has 0 atom stereocenters. The summed E-state index contributed by atoms with van der Waals surface area (Å²) in [5, 5.41) is 1.20. The van der Waals surface area contributed by atoms with Gasteiger partial charge in [-0.3, -0.25) is 0 Å². The highest BCUT2D eigenvalue weighted by atomic mass is 32.1. The van der Waals surface area contributed by atoms with Crippen LogP contribution in [0.5, 0.6) is 0 Å². The molecule has 0 radical (unpaired) electrons. The predicted octanol–water partition coefficient (Wildman–Crippen LogP) is 5.57. The van der Waals surface area contributed by atoms with Crippen LogP contribution in [0.15, 0.2) is 48.5 Å². The molecule has 28 heavy (non-hydrogen) atoms. The predicted molar refractivity (Wildman–Crippen MR) is 112 cm³/mol. The van der Waals surface area contributed by atoms with Crippen LogP contribution in [-0.2, 0) is 16.1 Å². The van der Waals surface area contributed by atoms with Gasteiger partial charge in [0, 0.05) is 12.5 Å². The van der Waals surface area contributed by atoms with E-state index in [1.807, 2.05) is 24.3 Å². The second-order valence-electron chi connectivity index (χ2n) is 7.44. The minimum atomic E-state index is -0.313. The van der Waals surface area contributed by atoms with E-state index in [9.17, 15) is 4.79 Å². The van der Waals surface area contributed by atoms with Gasteiger partial charge in [-0.1, -0.05) is 30.3 Å². The molecule has 1 aliphatic rings. The van der Waals surface area contributed by atoms with E-state index in [1.54, 1.807) is 11.3 Å². The van der Waals surface area contributed by atoms with Crippen molar-refractivity contribution in [3.05, 3.63) is 64.7 Å². The Labute approximate surface area is 169 Å². The summed E-state index contributed by atoms with van der Waals surface area (Å²) in [6.45, 7) is 1.53. The first-order chi connectivity index (χ1) is 13.7. The fourth-order valence-corrected chi connectivity index (χ4v) is 4.98. The van der Waals surface area contributed by atoms with Crippen molar-refractivity contribution >= 4 is 27.5 Å². The van der Waals surface area contributed by atoms with E-state index in [2.05, 4.69) is 24.3 Å². The van der Waals surface area contributed by atoms with Gasteiger partial charge in [0.25, 0.3) is 0 Å². The van der Waals surface area contributed by atoms with Crippen molar-refractivity contribution in [3.8, 4) is 0 Å². The molecule has 1 fully saturated rings. The zero-order valence-electron chi connectivity index (χ0n) is 16.1. The molecule has 146 valence electrons. The molecule has 3 aromatic rings. The maximum absolute atomic E-state index is 11.7. The number of fused-ring (bicyclic) bond motifs is 1. The Kier molecular flexibility index (Phi) is 6.03. The summed E-state index contributed by atoms with van der Waals surface area (Å²) >= 11 is 1.75. The van der Waals surface area contributed by atoms with Crippen LogP contribution in [0, 0.1) is 5.92 Å². The summed E-state index contributed by atoms with van der Waals surface area (Å²) in [5.74, 6) is 0.845. The third-order valence-corrected chi connectivity index (χ3v) is 6.69. The summed E-state index contributed by atoms with van der Waals surface area (Å²) in [7, 11) is 1.40. The van der Waals surface area contributed by atoms with Crippen LogP contribution in [0.1, 0.15) is 52.5 Å². The summed E-state index contributed by atoms with van der Waals surface area (Å²) < 4.78 is 11.9. The number of nitrogens with zero attached hydrogens (tertiary/aromatic N) is 1. The molecule has 0 unspecified atom stereocenters. The van der Waals surface area contributed by atoms with Crippen LogP contribution in [0.4, 0.5) is 0 Å². The topological polar surface area (TPSA) is 48.4 Å². The molecule has 0 spiro atoms. The van der Waals surface area contributed by atoms with E-state index >= 15 is 0 Å². The first-order valence-corrected chi connectivity index (χ1v) is 10.6. The van der Waals surface area contributed by atoms with Gasteiger partial charge >= 0.3 is 5.97 Å². The maximum atomic E-state index is 11.7. The SMILES string of the molecule is COC(=O)c1ccc2sc(C3CCC(COCc4ccccc4)CC3)nc2c1. The van der Waals surface area contributed by atoms with Crippen molar-refractivity contribution in [3.63, 3.8) is 0 Å². The molecule has 5 heteroatoms. The van der Waals surface area contributed by atoms with Crippen LogP contribution in [0.2, 0.25) is 0 Å². The molecule has 4 nitrogen and oxygen atoms in total. The van der Waals surface area contributed by atoms with Crippen molar-refractivity contribution in [1.82, 2.24) is 4.98 Å². The molecule has 1 aliphatic carbocycles. The van der Waals surface area contributed by atoms with Crippen molar-refractivity contribution in [2.45, 2.75) is 38.2 Å². The fourth-order valence-electron chi connectivity index (χ4n) is 3.86. The van der Waals surface area contributed by atoms with Gasteiger partial charge in [-0.15, -0.1) is 11.3 Å². The van der Waals surface area contributed by atoms with Crippen molar-refractivity contribution in [2.24, 2.45) is 5.92 Å². The Balaban J connectivity index is 1.31. The first kappa shape index (κ1) is 19.1. The van der Waals surface area contributed by atoms with Crippen LogP contribution >= 0.6 is 11.3 Å². The van der Waals surface area contributed by atoms with E-state index in [-0.39, 0.29) is 5.97 Å². The summed E-state index contributed by atoms with van der Waals surface area (Å²) in [4.78, 5) is 16.5. The molecule has 0 bridgehead atoms. The second kappa shape index (κ2) is 8.84. The normalized spacial score (nSPS) is 19.6. The van der Waals surface area contributed by atoms with Gasteiger partial charge in [0.2, 0.25) is 0 Å². The van der Waals surface area contributed by atoms with Gasteiger partial charge in [-0.25, -0.2) is 9.78 Å². The molecule has 0 aliphatic heterocycles. The Morgan fingerprint density at radius 1 is 1.11 bits per heavy atom. The largest absolute Gasteiger partial charge is 0.465 e. The minimum Gasteiger partial charge on any atom is -0.465 e. The lowest BCUT2D eigenvalue weighted by Crippen LogP contribution is -2.17. The number of thiazole rings is 1. The number of methoxy groups -OCH3 is 1. The highest BCUT2D eigenvalue weighted by Gasteiger charge is 2.25. The number of ether oxygens (including phenoxy) is 2. The second-order valence-corrected chi connectivity index (χ2v) is 8.51. The molecule has 1 aromatic heterocycles. The summed E-state index contributed by atoms with van der Waals surface area (Å²) in [5.41, 5.74) is 2.69. The van der Waals surface area contributed by atoms with Gasteiger partial charge in [-0.2, -0.15) is 0 Å². The number of aromatic nitrogens is 1. The lowest BCUT2D eigenvalue weighted by molar-refractivity contribution is 0.0601. The number of rotatable bonds is 6. The van der Waals surface area contributed by atoms with Gasteiger partial charge in [0.05, 0.1) is 34.5 Å². The van der Waals surface area contributed by atoms with Crippen molar-refractivity contribution in [1.29, 1.82) is 0 Å². The molecular formula is C23H25NO3S. The standard InChI is InChI=1S/C23H25NO3S/c1-26-23(25)19-11-12-21-20(13-19)24-22(28-21)18-9-7-17(8-10-18)15-27-14-16-5-3-2-4-6-16/h2-6,11-13,17-18H,7-10,14-15H2,1H3. The van der Waals surface area contributed by atoms with Gasteiger partial charge in [-0.05, 0) is 55.4 Å². The first-order valence-electron chi connectivity index (χ1n) is 9.83. The number of esters is 1. The third kappa shape index (κ3) is 4.42. The fraction of sp³-hybridized carbons (Fsp3) is 0.391. The average Bonchev–Trinajstić information content (AvgIpc) is 3.18. The monoisotopic (exact) mass is 395 g/mol. The van der Waals surface area contributed by atoms with Crippen molar-refractivity contribution < 1.29 is 14.3 Å². The quantitative estimate of drug-likeness (QED) is 0.512. The van der Waals surface area contributed by atoms with E-state index in [0.29, 0.717) is 24.0 Å². The van der Waals surface area contributed by atoms with Crippen LogP contribution in [-0.4, -0.2) is 24.7 Å². The number of carbonyl (C=O) groups excluding carboxylic acids is 1. The summed E-state index contributed by atoms with van der Waals surface area (Å²) in [6, 6.07) is 16.0. The molecule has 0 N–H and O–H groups in total. The Hall–Kier alpha value is -2.24. The van der Waals surface area contributed by atoms with E-state index < -0.39 is 0 Å². The number of benzene rings is 2. The molecule has 4 rings (SSSR count). The smallest absolute Gasteiger partial charge is 0.337 e. The van der Waals surface area contributed by atoms with E-state index in [1.165, 1.54) is 30.5 Å².